The molecule has 0 saturated heterocycles. The van der Waals surface area contributed by atoms with Crippen molar-refractivity contribution < 1.29 is 27.1 Å². The Hall–Kier alpha value is -4.41. The second-order valence-electron chi connectivity index (χ2n) is 10.9. The van der Waals surface area contributed by atoms with E-state index in [9.17, 15) is 22.4 Å². The number of halogens is 2. The highest BCUT2D eigenvalue weighted by molar-refractivity contribution is 7.92. The van der Waals surface area contributed by atoms with Gasteiger partial charge in [-0.25, -0.2) is 12.8 Å². The summed E-state index contributed by atoms with van der Waals surface area (Å²) in [6.07, 6.45) is 0.166. The number of amides is 2. The summed E-state index contributed by atoms with van der Waals surface area (Å²) in [5.74, 6) is -0.943. The first kappa shape index (κ1) is 34.5. The van der Waals surface area contributed by atoms with Crippen molar-refractivity contribution in [1.82, 2.24) is 10.2 Å². The fourth-order valence-electron chi connectivity index (χ4n) is 4.86. The van der Waals surface area contributed by atoms with Gasteiger partial charge in [-0.05, 0) is 92.6 Å². The van der Waals surface area contributed by atoms with Gasteiger partial charge < -0.3 is 15.0 Å². The summed E-state index contributed by atoms with van der Waals surface area (Å²) in [4.78, 5) is 29.5. The molecule has 0 spiro atoms. The lowest BCUT2D eigenvalue weighted by Gasteiger charge is -2.34. The Morgan fingerprint density at radius 2 is 1.50 bits per heavy atom. The van der Waals surface area contributed by atoms with Gasteiger partial charge in [-0.2, -0.15) is 0 Å². The second kappa shape index (κ2) is 15.7. The number of carbonyl (C=O) groups excluding carboxylic acids is 2. The summed E-state index contributed by atoms with van der Waals surface area (Å²) in [5.41, 5.74) is 1.60. The van der Waals surface area contributed by atoms with Crippen molar-refractivity contribution in [3.63, 3.8) is 0 Å². The maximum Gasteiger partial charge on any atom is 0.264 e. The summed E-state index contributed by atoms with van der Waals surface area (Å²) < 4.78 is 48.6. The number of ether oxygens (including phenoxy) is 1. The van der Waals surface area contributed by atoms with Crippen LogP contribution in [0.4, 0.5) is 10.1 Å². The van der Waals surface area contributed by atoms with E-state index in [-0.39, 0.29) is 29.6 Å². The summed E-state index contributed by atoms with van der Waals surface area (Å²) in [5, 5.41) is 3.26. The van der Waals surface area contributed by atoms with Gasteiger partial charge in [-0.3, -0.25) is 13.9 Å². The second-order valence-corrected chi connectivity index (χ2v) is 13.2. The minimum Gasteiger partial charge on any atom is -0.494 e. The van der Waals surface area contributed by atoms with Crippen molar-refractivity contribution in [3.05, 3.63) is 125 Å². The summed E-state index contributed by atoms with van der Waals surface area (Å²) in [6.45, 7) is 5.19. The first-order valence-electron chi connectivity index (χ1n) is 14.9. The SMILES string of the molecule is CCOc1ccc(N(CC(=O)N(Cc2ccc(F)cc2)C(Cc2ccccc2)C(=O)NC(C)C)S(=O)(=O)c2ccc(Cl)cc2)cc1. The van der Waals surface area contributed by atoms with Gasteiger partial charge in [0.1, 0.15) is 24.2 Å². The quantitative estimate of drug-likeness (QED) is 0.172. The molecular formula is C35H37ClFN3O5S. The van der Waals surface area contributed by atoms with Gasteiger partial charge in [-0.1, -0.05) is 54.1 Å². The van der Waals surface area contributed by atoms with Crippen LogP contribution < -0.4 is 14.4 Å². The van der Waals surface area contributed by atoms with Crippen LogP contribution in [-0.2, 0) is 32.6 Å². The van der Waals surface area contributed by atoms with Gasteiger partial charge in [0.25, 0.3) is 10.0 Å². The number of benzene rings is 4. The van der Waals surface area contributed by atoms with Gasteiger partial charge in [0, 0.05) is 24.0 Å². The van der Waals surface area contributed by atoms with E-state index >= 15 is 0 Å². The molecule has 0 saturated carbocycles. The molecule has 4 aromatic carbocycles. The van der Waals surface area contributed by atoms with Crippen LogP contribution >= 0.6 is 11.6 Å². The van der Waals surface area contributed by atoms with Crippen molar-refractivity contribution >= 4 is 39.1 Å². The minimum absolute atomic E-state index is 0.0675. The van der Waals surface area contributed by atoms with Crippen LogP contribution in [0.2, 0.25) is 5.02 Å². The van der Waals surface area contributed by atoms with Crippen LogP contribution in [0.3, 0.4) is 0 Å². The number of nitrogens with one attached hydrogen (secondary N) is 1. The Bertz CT molecular complexity index is 1700. The third-order valence-electron chi connectivity index (χ3n) is 7.08. The Balaban J connectivity index is 1.80. The monoisotopic (exact) mass is 665 g/mol. The molecule has 0 aliphatic heterocycles. The molecule has 1 N–H and O–H groups in total. The zero-order valence-electron chi connectivity index (χ0n) is 25.9. The van der Waals surface area contributed by atoms with Crippen LogP contribution in [0.5, 0.6) is 5.75 Å². The smallest absolute Gasteiger partial charge is 0.264 e. The van der Waals surface area contributed by atoms with Crippen LogP contribution in [0.25, 0.3) is 0 Å². The van der Waals surface area contributed by atoms with Crippen molar-refractivity contribution in [1.29, 1.82) is 0 Å². The standard InChI is InChI=1S/C35H37ClFN3O5S/c1-4-45-31-18-16-30(17-19-31)40(46(43,44)32-20-12-28(36)13-21-32)24-34(41)39(23-27-10-14-29(37)15-11-27)33(35(42)38-25(2)3)22-26-8-6-5-7-9-26/h5-21,25,33H,4,22-24H2,1-3H3,(H,38,42). The molecule has 2 amide bonds. The zero-order valence-corrected chi connectivity index (χ0v) is 27.5. The number of anilines is 1. The molecule has 46 heavy (non-hydrogen) atoms. The van der Waals surface area contributed by atoms with Crippen LogP contribution in [0.15, 0.2) is 108 Å². The zero-order chi connectivity index (χ0) is 33.3. The van der Waals surface area contributed by atoms with Crippen molar-refractivity contribution in [2.24, 2.45) is 0 Å². The highest BCUT2D eigenvalue weighted by Crippen LogP contribution is 2.28. The summed E-state index contributed by atoms with van der Waals surface area (Å²) in [7, 11) is -4.29. The number of hydrogen-bond donors (Lipinski definition) is 1. The average molecular weight is 666 g/mol. The molecule has 0 bridgehead atoms. The van der Waals surface area contributed by atoms with Crippen molar-refractivity contribution in [2.75, 3.05) is 17.5 Å². The van der Waals surface area contributed by atoms with Gasteiger partial charge >= 0.3 is 0 Å². The van der Waals surface area contributed by atoms with E-state index in [4.69, 9.17) is 16.3 Å². The third kappa shape index (κ3) is 9.08. The van der Waals surface area contributed by atoms with E-state index in [1.807, 2.05) is 51.1 Å². The van der Waals surface area contributed by atoms with E-state index in [1.165, 1.54) is 53.4 Å². The maximum absolute atomic E-state index is 14.4. The number of carbonyl (C=O) groups is 2. The fourth-order valence-corrected chi connectivity index (χ4v) is 6.40. The lowest BCUT2D eigenvalue weighted by Crippen LogP contribution is -2.54. The van der Waals surface area contributed by atoms with Crippen molar-refractivity contribution in [2.45, 2.75) is 50.7 Å². The maximum atomic E-state index is 14.4. The Kier molecular flexibility index (Phi) is 11.8. The number of nitrogens with zero attached hydrogens (tertiary/aromatic N) is 2. The highest BCUT2D eigenvalue weighted by Gasteiger charge is 2.35. The predicted molar refractivity (Wildman–Crippen MR) is 178 cm³/mol. The molecule has 11 heteroatoms. The van der Waals surface area contributed by atoms with E-state index < -0.39 is 40.2 Å². The largest absolute Gasteiger partial charge is 0.494 e. The Morgan fingerprint density at radius 1 is 0.870 bits per heavy atom. The molecule has 0 aliphatic rings. The molecule has 0 radical (unpaired) electrons. The highest BCUT2D eigenvalue weighted by atomic mass is 35.5. The Labute approximate surface area is 274 Å². The van der Waals surface area contributed by atoms with Gasteiger partial charge in [0.2, 0.25) is 11.8 Å². The molecule has 0 heterocycles. The Morgan fingerprint density at radius 3 is 2.09 bits per heavy atom. The van der Waals surface area contributed by atoms with Crippen LogP contribution in [-0.4, -0.2) is 50.4 Å². The van der Waals surface area contributed by atoms with E-state index in [0.717, 1.165) is 9.87 Å². The molecule has 4 aromatic rings. The normalized spacial score (nSPS) is 12.0. The minimum atomic E-state index is -4.29. The molecule has 4 rings (SSSR count). The number of rotatable bonds is 14. The number of hydrogen-bond acceptors (Lipinski definition) is 5. The van der Waals surface area contributed by atoms with E-state index in [0.29, 0.717) is 22.9 Å². The molecule has 0 fully saturated rings. The molecule has 0 aromatic heterocycles. The van der Waals surface area contributed by atoms with E-state index in [2.05, 4.69) is 5.32 Å². The average Bonchev–Trinajstić information content (AvgIpc) is 3.03. The van der Waals surface area contributed by atoms with Gasteiger partial charge in [0.15, 0.2) is 0 Å². The lowest BCUT2D eigenvalue weighted by atomic mass is 10.0. The van der Waals surface area contributed by atoms with Crippen LogP contribution in [0, 0.1) is 5.82 Å². The molecule has 8 nitrogen and oxygen atoms in total. The summed E-state index contributed by atoms with van der Waals surface area (Å²) in [6, 6.07) is 25.6. The van der Waals surface area contributed by atoms with Gasteiger partial charge in [-0.15, -0.1) is 0 Å². The van der Waals surface area contributed by atoms with Crippen molar-refractivity contribution in [3.8, 4) is 5.75 Å². The molecule has 0 aliphatic carbocycles. The third-order valence-corrected chi connectivity index (χ3v) is 9.12. The molecule has 1 unspecified atom stereocenters. The molecule has 242 valence electrons. The molecule has 1 atom stereocenters. The van der Waals surface area contributed by atoms with Gasteiger partial charge in [0.05, 0.1) is 17.2 Å². The predicted octanol–water partition coefficient (Wildman–Crippen LogP) is 6.24. The first-order valence-corrected chi connectivity index (χ1v) is 16.7. The summed E-state index contributed by atoms with van der Waals surface area (Å²) >= 11 is 6.04. The first-order chi connectivity index (χ1) is 22.0. The topological polar surface area (TPSA) is 96.0 Å². The number of sulfonamides is 1. The van der Waals surface area contributed by atoms with E-state index in [1.54, 1.807) is 24.3 Å². The van der Waals surface area contributed by atoms with Crippen LogP contribution in [0.1, 0.15) is 31.9 Å². The lowest BCUT2D eigenvalue weighted by molar-refractivity contribution is -0.140. The molecular weight excluding hydrogens is 629 g/mol. The fraction of sp³-hybridized carbons (Fsp3) is 0.257.